The Balaban J connectivity index is 2.21. The van der Waals surface area contributed by atoms with Crippen LogP contribution in [0.5, 0.6) is 5.75 Å². The molecule has 2 unspecified atom stereocenters. The maximum atomic E-state index is 14.2. The highest BCUT2D eigenvalue weighted by Crippen LogP contribution is 2.52. The average Bonchev–Trinajstić information content (AvgIpc) is 2.45. The Hall–Kier alpha value is -1.19. The SMILES string of the molecule is CCC(C)(C)C(F)C(F)(F)Oc1ccc2c(c1)C(C)C2(C)C. The molecule has 0 spiro atoms. The Labute approximate surface area is 130 Å². The first kappa shape index (κ1) is 17.2. The third kappa shape index (κ3) is 2.61. The molecule has 1 aromatic rings. The predicted molar refractivity (Wildman–Crippen MR) is 82.4 cm³/mol. The zero-order chi connectivity index (χ0) is 16.9. The van der Waals surface area contributed by atoms with Crippen LogP contribution in [0, 0.1) is 5.41 Å². The number of hydrogen-bond donors (Lipinski definition) is 0. The normalized spacial score (nSPS) is 21.8. The second kappa shape index (κ2) is 5.17. The Kier molecular flexibility index (Phi) is 4.04. The highest BCUT2D eigenvalue weighted by molar-refractivity contribution is 5.51. The van der Waals surface area contributed by atoms with E-state index in [0.717, 1.165) is 11.1 Å². The lowest BCUT2D eigenvalue weighted by molar-refractivity contribution is -0.243. The van der Waals surface area contributed by atoms with Gasteiger partial charge in [-0.15, -0.1) is 0 Å². The molecule has 0 bridgehead atoms. The molecular formula is C18H25F3O. The predicted octanol–water partition coefficient (Wildman–Crippen LogP) is 5.83. The molecule has 1 aromatic carbocycles. The van der Waals surface area contributed by atoms with E-state index >= 15 is 0 Å². The minimum Gasteiger partial charge on any atom is -0.430 e. The summed E-state index contributed by atoms with van der Waals surface area (Å²) in [5.41, 5.74) is 1.05. The van der Waals surface area contributed by atoms with Crippen LogP contribution in [0.1, 0.15) is 65.0 Å². The van der Waals surface area contributed by atoms with E-state index in [-0.39, 0.29) is 17.1 Å². The first-order valence-corrected chi connectivity index (χ1v) is 7.79. The summed E-state index contributed by atoms with van der Waals surface area (Å²) in [4.78, 5) is 0. The fourth-order valence-corrected chi connectivity index (χ4v) is 2.94. The Bertz CT molecular complexity index is 563. The van der Waals surface area contributed by atoms with Crippen LogP contribution in [0.4, 0.5) is 13.2 Å². The molecule has 0 N–H and O–H groups in total. The fraction of sp³-hybridized carbons (Fsp3) is 0.667. The van der Waals surface area contributed by atoms with Gasteiger partial charge < -0.3 is 4.74 Å². The van der Waals surface area contributed by atoms with Crippen molar-refractivity contribution in [2.75, 3.05) is 0 Å². The third-order valence-electron chi connectivity index (χ3n) is 5.41. The van der Waals surface area contributed by atoms with Crippen molar-refractivity contribution in [3.05, 3.63) is 29.3 Å². The number of halogens is 3. The smallest absolute Gasteiger partial charge is 0.430 e. The third-order valence-corrected chi connectivity index (χ3v) is 5.41. The molecule has 0 fully saturated rings. The van der Waals surface area contributed by atoms with Crippen LogP contribution < -0.4 is 4.74 Å². The van der Waals surface area contributed by atoms with Crippen molar-refractivity contribution in [3.8, 4) is 5.75 Å². The lowest BCUT2D eigenvalue weighted by atomic mass is 9.59. The molecule has 124 valence electrons. The van der Waals surface area contributed by atoms with Gasteiger partial charge in [0.25, 0.3) is 0 Å². The van der Waals surface area contributed by atoms with E-state index in [0.29, 0.717) is 6.42 Å². The molecule has 0 radical (unpaired) electrons. The largest absolute Gasteiger partial charge is 0.430 e. The number of fused-ring (bicyclic) bond motifs is 1. The van der Waals surface area contributed by atoms with Gasteiger partial charge in [0.2, 0.25) is 6.17 Å². The number of hydrogen-bond acceptors (Lipinski definition) is 1. The van der Waals surface area contributed by atoms with E-state index in [1.165, 1.54) is 19.9 Å². The summed E-state index contributed by atoms with van der Waals surface area (Å²) in [6, 6.07) is 4.93. The molecule has 2 atom stereocenters. The van der Waals surface area contributed by atoms with Crippen molar-refractivity contribution < 1.29 is 17.9 Å². The minimum atomic E-state index is -3.84. The average molecular weight is 314 g/mol. The maximum Gasteiger partial charge on any atom is 0.430 e. The van der Waals surface area contributed by atoms with Crippen LogP contribution in [0.15, 0.2) is 18.2 Å². The summed E-state index contributed by atoms with van der Waals surface area (Å²) in [5, 5.41) is 0. The Morgan fingerprint density at radius 3 is 2.41 bits per heavy atom. The zero-order valence-corrected chi connectivity index (χ0v) is 14.1. The Morgan fingerprint density at radius 1 is 1.27 bits per heavy atom. The molecule has 0 amide bonds. The molecule has 4 heteroatoms. The second-order valence-corrected chi connectivity index (χ2v) is 7.56. The van der Waals surface area contributed by atoms with E-state index in [4.69, 9.17) is 4.74 Å². The van der Waals surface area contributed by atoms with Crippen molar-refractivity contribution >= 4 is 0 Å². The van der Waals surface area contributed by atoms with Gasteiger partial charge >= 0.3 is 6.11 Å². The monoisotopic (exact) mass is 314 g/mol. The van der Waals surface area contributed by atoms with Crippen molar-refractivity contribution in [1.29, 1.82) is 0 Å². The zero-order valence-electron chi connectivity index (χ0n) is 14.1. The lowest BCUT2D eigenvalue weighted by Gasteiger charge is -2.45. The van der Waals surface area contributed by atoms with Crippen molar-refractivity contribution in [3.63, 3.8) is 0 Å². The molecule has 1 nitrogen and oxygen atoms in total. The quantitative estimate of drug-likeness (QED) is 0.664. The molecule has 0 saturated heterocycles. The molecule has 0 saturated carbocycles. The number of benzene rings is 1. The molecule has 0 aromatic heterocycles. The molecule has 0 aliphatic heterocycles. The van der Waals surface area contributed by atoms with Gasteiger partial charge in [0.1, 0.15) is 5.75 Å². The topological polar surface area (TPSA) is 9.23 Å². The summed E-state index contributed by atoms with van der Waals surface area (Å²) < 4.78 is 47.1. The van der Waals surface area contributed by atoms with Crippen molar-refractivity contribution in [2.45, 2.75) is 71.6 Å². The maximum absolute atomic E-state index is 14.2. The van der Waals surface area contributed by atoms with E-state index in [1.54, 1.807) is 19.1 Å². The molecule has 1 aliphatic rings. The first-order chi connectivity index (χ1) is 9.93. The van der Waals surface area contributed by atoms with Crippen LogP contribution in [0.3, 0.4) is 0 Å². The van der Waals surface area contributed by atoms with E-state index < -0.39 is 17.7 Å². The van der Waals surface area contributed by atoms with Gasteiger partial charge in [-0.3, -0.25) is 0 Å². The van der Waals surface area contributed by atoms with Crippen molar-refractivity contribution in [1.82, 2.24) is 0 Å². The van der Waals surface area contributed by atoms with Crippen LogP contribution in [-0.2, 0) is 5.41 Å². The summed E-state index contributed by atoms with van der Waals surface area (Å²) in [7, 11) is 0. The first-order valence-electron chi connectivity index (χ1n) is 7.79. The van der Waals surface area contributed by atoms with E-state index in [2.05, 4.69) is 20.8 Å². The van der Waals surface area contributed by atoms with Gasteiger partial charge in [-0.1, -0.05) is 47.6 Å². The highest BCUT2D eigenvalue weighted by atomic mass is 19.3. The van der Waals surface area contributed by atoms with Gasteiger partial charge in [0.15, 0.2) is 0 Å². The van der Waals surface area contributed by atoms with E-state index in [1.807, 2.05) is 0 Å². The van der Waals surface area contributed by atoms with Crippen LogP contribution in [-0.4, -0.2) is 12.3 Å². The van der Waals surface area contributed by atoms with E-state index in [9.17, 15) is 13.2 Å². The molecule has 22 heavy (non-hydrogen) atoms. The minimum absolute atomic E-state index is 0.0284. The number of alkyl halides is 3. The van der Waals surface area contributed by atoms with Crippen LogP contribution >= 0.6 is 0 Å². The fourth-order valence-electron chi connectivity index (χ4n) is 2.94. The molecule has 1 aliphatic carbocycles. The lowest BCUT2D eigenvalue weighted by Crippen LogP contribution is -2.45. The molecular weight excluding hydrogens is 289 g/mol. The number of rotatable bonds is 5. The van der Waals surface area contributed by atoms with Gasteiger partial charge in [-0.2, -0.15) is 8.78 Å². The van der Waals surface area contributed by atoms with Gasteiger partial charge in [-0.05, 0) is 41.0 Å². The summed E-state index contributed by atoms with van der Waals surface area (Å²) in [6.07, 6.45) is -5.89. The van der Waals surface area contributed by atoms with Crippen molar-refractivity contribution in [2.24, 2.45) is 5.41 Å². The highest BCUT2D eigenvalue weighted by Gasteiger charge is 2.51. The summed E-state index contributed by atoms with van der Waals surface area (Å²) in [6.45, 7) is 11.0. The summed E-state index contributed by atoms with van der Waals surface area (Å²) in [5.74, 6) is 0.300. The standard InChI is InChI=1S/C18H25F3O/c1-7-16(3,4)15(19)18(20,21)22-12-8-9-14-13(10-12)11(2)17(14,5)6/h8-11,15H,7H2,1-6H3. The second-order valence-electron chi connectivity index (χ2n) is 7.56. The van der Waals surface area contributed by atoms with Gasteiger partial charge in [0, 0.05) is 5.41 Å². The molecule has 2 rings (SSSR count). The number of ether oxygens (including phenoxy) is 1. The van der Waals surface area contributed by atoms with Crippen LogP contribution in [0.25, 0.3) is 0 Å². The van der Waals surface area contributed by atoms with Gasteiger partial charge in [-0.25, -0.2) is 4.39 Å². The summed E-state index contributed by atoms with van der Waals surface area (Å²) >= 11 is 0. The Morgan fingerprint density at radius 2 is 1.86 bits per heavy atom. The molecule has 0 heterocycles. The van der Waals surface area contributed by atoms with Gasteiger partial charge in [0.05, 0.1) is 0 Å². The van der Waals surface area contributed by atoms with Crippen LogP contribution in [0.2, 0.25) is 0 Å².